The Morgan fingerprint density at radius 3 is 2.55 bits per heavy atom. The van der Waals surface area contributed by atoms with Crippen LogP contribution < -0.4 is 10.6 Å². The van der Waals surface area contributed by atoms with E-state index in [1.807, 2.05) is 0 Å². The Morgan fingerprint density at radius 1 is 1.36 bits per heavy atom. The van der Waals surface area contributed by atoms with E-state index in [0.717, 1.165) is 4.90 Å². The highest BCUT2D eigenvalue weighted by molar-refractivity contribution is 6.36. The molecule has 0 bridgehead atoms. The van der Waals surface area contributed by atoms with Crippen LogP contribution in [0.25, 0.3) is 0 Å². The smallest absolute Gasteiger partial charge is 0.324 e. The summed E-state index contributed by atoms with van der Waals surface area (Å²) in [4.78, 5) is 36.0. The van der Waals surface area contributed by atoms with Gasteiger partial charge in [-0.2, -0.15) is 0 Å². The molecule has 1 aromatic carbocycles. The van der Waals surface area contributed by atoms with Crippen LogP contribution in [0.15, 0.2) is 18.2 Å². The first-order chi connectivity index (χ1) is 10.4. The van der Waals surface area contributed by atoms with Crippen LogP contribution in [0.1, 0.15) is 18.4 Å². The van der Waals surface area contributed by atoms with Gasteiger partial charge in [-0.15, -0.1) is 0 Å². The zero-order chi connectivity index (χ0) is 16.3. The molecular weight excluding hydrogens is 329 g/mol. The van der Waals surface area contributed by atoms with Crippen molar-refractivity contribution >= 4 is 41.0 Å². The Bertz CT molecular complexity index is 585. The van der Waals surface area contributed by atoms with Gasteiger partial charge >= 0.3 is 6.03 Å². The minimum Gasteiger partial charge on any atom is -0.354 e. The van der Waals surface area contributed by atoms with Gasteiger partial charge in [0.05, 0.1) is 12.5 Å². The van der Waals surface area contributed by atoms with Crippen molar-refractivity contribution in [2.75, 3.05) is 19.6 Å². The molecule has 0 radical (unpaired) electrons. The summed E-state index contributed by atoms with van der Waals surface area (Å²) in [6.45, 7) is 1.98. The minimum absolute atomic E-state index is 0.00157. The van der Waals surface area contributed by atoms with E-state index in [4.69, 9.17) is 23.2 Å². The van der Waals surface area contributed by atoms with Gasteiger partial charge in [0.15, 0.2) is 0 Å². The van der Waals surface area contributed by atoms with Crippen LogP contribution in [0.3, 0.4) is 0 Å². The Kier molecular flexibility index (Phi) is 5.26. The van der Waals surface area contributed by atoms with Crippen molar-refractivity contribution in [3.05, 3.63) is 33.8 Å². The summed E-state index contributed by atoms with van der Waals surface area (Å²) < 4.78 is 0. The number of imide groups is 1. The number of carbonyl (C=O) groups excluding carboxylic acids is 3. The number of carbonyl (C=O) groups is 3. The molecule has 1 atom stereocenters. The first kappa shape index (κ1) is 16.6. The average molecular weight is 344 g/mol. The third kappa shape index (κ3) is 3.51. The molecule has 1 aliphatic rings. The number of rotatable bonds is 5. The van der Waals surface area contributed by atoms with E-state index in [2.05, 4.69) is 10.6 Å². The summed E-state index contributed by atoms with van der Waals surface area (Å²) in [5.74, 6) is -1.12. The second-order valence-electron chi connectivity index (χ2n) is 4.85. The molecule has 2 N–H and O–H groups in total. The highest BCUT2D eigenvalue weighted by Crippen LogP contribution is 2.31. The van der Waals surface area contributed by atoms with Gasteiger partial charge in [-0.05, 0) is 19.1 Å². The molecule has 118 valence electrons. The largest absolute Gasteiger partial charge is 0.354 e. The lowest BCUT2D eigenvalue weighted by Crippen LogP contribution is -2.39. The quantitative estimate of drug-likeness (QED) is 0.799. The van der Waals surface area contributed by atoms with Gasteiger partial charge in [0.2, 0.25) is 11.8 Å². The molecule has 0 saturated carbocycles. The van der Waals surface area contributed by atoms with Gasteiger partial charge in [-0.25, -0.2) is 4.79 Å². The standard InChI is InChI=1S/C14H15Cl2N3O3/c1-8(12-9(15)3-2-4-10(12)16)13(21)17-5-6-19-11(20)7-18-14(19)22/h2-4,8H,5-7H2,1H3,(H,17,21)(H,18,22). The maximum Gasteiger partial charge on any atom is 0.324 e. The summed E-state index contributed by atoms with van der Waals surface area (Å²) in [6, 6.07) is 4.59. The van der Waals surface area contributed by atoms with Gasteiger partial charge in [0.25, 0.3) is 0 Å². The fourth-order valence-corrected chi connectivity index (χ4v) is 2.91. The number of nitrogens with zero attached hydrogens (tertiary/aromatic N) is 1. The maximum absolute atomic E-state index is 12.2. The van der Waals surface area contributed by atoms with Crippen LogP contribution in [0, 0.1) is 0 Å². The molecular formula is C14H15Cl2N3O3. The van der Waals surface area contributed by atoms with E-state index in [0.29, 0.717) is 15.6 Å². The highest BCUT2D eigenvalue weighted by atomic mass is 35.5. The molecule has 4 amide bonds. The monoisotopic (exact) mass is 343 g/mol. The number of hydrogen-bond acceptors (Lipinski definition) is 3. The first-order valence-corrected chi connectivity index (χ1v) is 7.47. The Balaban J connectivity index is 1.92. The summed E-state index contributed by atoms with van der Waals surface area (Å²) >= 11 is 12.1. The summed E-state index contributed by atoms with van der Waals surface area (Å²) in [6.07, 6.45) is 0. The molecule has 1 aliphatic heterocycles. The van der Waals surface area contributed by atoms with Crippen molar-refractivity contribution in [1.29, 1.82) is 0 Å². The molecule has 8 heteroatoms. The lowest BCUT2D eigenvalue weighted by Gasteiger charge is -2.17. The fraction of sp³-hybridized carbons (Fsp3) is 0.357. The lowest BCUT2D eigenvalue weighted by atomic mass is 10.00. The van der Waals surface area contributed by atoms with Gasteiger partial charge in [-0.1, -0.05) is 29.3 Å². The van der Waals surface area contributed by atoms with Crippen molar-refractivity contribution in [1.82, 2.24) is 15.5 Å². The average Bonchev–Trinajstić information content (AvgIpc) is 2.78. The molecule has 1 unspecified atom stereocenters. The lowest BCUT2D eigenvalue weighted by molar-refractivity contribution is -0.126. The third-order valence-corrected chi connectivity index (χ3v) is 4.06. The number of benzene rings is 1. The van der Waals surface area contributed by atoms with Crippen molar-refractivity contribution < 1.29 is 14.4 Å². The third-order valence-electron chi connectivity index (χ3n) is 3.40. The normalized spacial score (nSPS) is 15.7. The zero-order valence-corrected chi connectivity index (χ0v) is 13.4. The number of amides is 4. The molecule has 2 rings (SSSR count). The zero-order valence-electron chi connectivity index (χ0n) is 11.9. The minimum atomic E-state index is -0.538. The summed E-state index contributed by atoms with van der Waals surface area (Å²) in [5.41, 5.74) is 0.554. The predicted molar refractivity (Wildman–Crippen MR) is 83.0 cm³/mol. The van der Waals surface area contributed by atoms with Gasteiger partial charge < -0.3 is 10.6 Å². The molecule has 0 aliphatic carbocycles. The molecule has 22 heavy (non-hydrogen) atoms. The summed E-state index contributed by atoms with van der Waals surface area (Å²) in [5, 5.41) is 5.93. The number of urea groups is 1. The SMILES string of the molecule is CC(C(=O)NCCN1C(=O)CNC1=O)c1c(Cl)cccc1Cl. The topological polar surface area (TPSA) is 78.5 Å². The first-order valence-electron chi connectivity index (χ1n) is 6.71. The van der Waals surface area contributed by atoms with Crippen LogP contribution in [0.2, 0.25) is 10.0 Å². The predicted octanol–water partition coefficient (Wildman–Crippen LogP) is 1.76. The second-order valence-corrected chi connectivity index (χ2v) is 5.67. The molecule has 1 aromatic rings. The van der Waals surface area contributed by atoms with Crippen LogP contribution in [-0.2, 0) is 9.59 Å². The highest BCUT2D eigenvalue weighted by Gasteiger charge is 2.28. The van der Waals surface area contributed by atoms with Crippen molar-refractivity contribution in [2.45, 2.75) is 12.8 Å². The Labute approximate surface area is 137 Å². The van der Waals surface area contributed by atoms with Crippen molar-refractivity contribution in [3.8, 4) is 0 Å². The van der Waals surface area contributed by atoms with Gasteiger partial charge in [0, 0.05) is 28.7 Å². The van der Waals surface area contributed by atoms with E-state index >= 15 is 0 Å². The van der Waals surface area contributed by atoms with Crippen LogP contribution in [0.5, 0.6) is 0 Å². The number of nitrogens with one attached hydrogen (secondary N) is 2. The van der Waals surface area contributed by atoms with E-state index < -0.39 is 11.9 Å². The molecule has 1 saturated heterocycles. The van der Waals surface area contributed by atoms with Crippen LogP contribution in [0.4, 0.5) is 4.79 Å². The molecule has 0 aromatic heterocycles. The second kappa shape index (κ2) is 6.98. The van der Waals surface area contributed by atoms with E-state index in [1.165, 1.54) is 0 Å². The van der Waals surface area contributed by atoms with Crippen LogP contribution >= 0.6 is 23.2 Å². The molecule has 1 heterocycles. The van der Waals surface area contributed by atoms with E-state index in [1.54, 1.807) is 25.1 Å². The van der Waals surface area contributed by atoms with Gasteiger partial charge in [-0.3, -0.25) is 14.5 Å². The molecule has 6 nitrogen and oxygen atoms in total. The Morgan fingerprint density at radius 2 is 2.00 bits per heavy atom. The Hall–Kier alpha value is -1.79. The van der Waals surface area contributed by atoms with Crippen LogP contribution in [-0.4, -0.2) is 42.4 Å². The number of halogens is 2. The molecule has 0 spiro atoms. The molecule has 1 fully saturated rings. The maximum atomic E-state index is 12.2. The van der Waals surface area contributed by atoms with Crippen molar-refractivity contribution in [3.63, 3.8) is 0 Å². The summed E-state index contributed by atoms with van der Waals surface area (Å²) in [7, 11) is 0. The van der Waals surface area contributed by atoms with E-state index in [9.17, 15) is 14.4 Å². The number of hydrogen-bond donors (Lipinski definition) is 2. The van der Waals surface area contributed by atoms with Gasteiger partial charge in [0.1, 0.15) is 0 Å². The fourth-order valence-electron chi connectivity index (χ4n) is 2.18. The van der Waals surface area contributed by atoms with E-state index in [-0.39, 0.29) is 31.4 Å². The van der Waals surface area contributed by atoms with Crippen molar-refractivity contribution in [2.24, 2.45) is 0 Å².